The lowest BCUT2D eigenvalue weighted by molar-refractivity contribution is -0.143. The zero-order chi connectivity index (χ0) is 26.8. The van der Waals surface area contributed by atoms with Crippen molar-refractivity contribution < 1.29 is 50.0 Å². The third kappa shape index (κ3) is 5.26. The molecule has 0 aliphatic rings. The molecular formula is C24H16F6O5P. The van der Waals surface area contributed by atoms with Crippen LogP contribution in [0.4, 0.5) is 26.3 Å². The third-order valence-corrected chi connectivity index (χ3v) is 6.51. The van der Waals surface area contributed by atoms with E-state index in [9.17, 15) is 40.5 Å². The van der Waals surface area contributed by atoms with Crippen molar-refractivity contribution >= 4 is 24.4 Å². The van der Waals surface area contributed by atoms with Crippen LogP contribution in [0.1, 0.15) is 37.4 Å². The van der Waals surface area contributed by atoms with Gasteiger partial charge >= 0.3 is 12.4 Å². The molecule has 0 bridgehead atoms. The number of hydrogen-bond donors (Lipinski definition) is 0. The fourth-order valence-electron chi connectivity index (χ4n) is 3.44. The highest BCUT2D eigenvalue weighted by molar-refractivity contribution is 7.71. The highest BCUT2D eigenvalue weighted by Gasteiger charge is 2.44. The Morgan fingerprint density at radius 3 is 1.86 bits per heavy atom. The average Bonchev–Trinajstić information content (AvgIpc) is 2.85. The maximum atomic E-state index is 13.5. The van der Waals surface area contributed by atoms with E-state index < -0.39 is 53.5 Å². The summed E-state index contributed by atoms with van der Waals surface area (Å²) in [6.45, 7) is 0. The van der Waals surface area contributed by atoms with Crippen molar-refractivity contribution in [2.45, 2.75) is 12.4 Å². The maximum absolute atomic E-state index is 13.5. The SMILES string of the molecule is COc1ccc(C(=O)c2ccccc2[P](=O)C(=O)c2c(C(F)(F)F)cccc2C(F)(F)F)c(OC)c1. The van der Waals surface area contributed by atoms with Crippen LogP contribution in [0.25, 0.3) is 0 Å². The number of ketones is 1. The Kier molecular flexibility index (Phi) is 7.54. The summed E-state index contributed by atoms with van der Waals surface area (Å²) in [6, 6.07) is 9.97. The molecule has 0 saturated carbocycles. The van der Waals surface area contributed by atoms with E-state index in [0.717, 1.165) is 12.1 Å². The number of ether oxygens (including phenoxy) is 2. The number of alkyl halides is 6. The topological polar surface area (TPSA) is 69.7 Å². The number of rotatable bonds is 7. The molecule has 3 rings (SSSR count). The highest BCUT2D eigenvalue weighted by atomic mass is 31.1. The van der Waals surface area contributed by atoms with Crippen LogP contribution in [0.15, 0.2) is 60.7 Å². The Labute approximate surface area is 201 Å². The Morgan fingerprint density at radius 1 is 0.750 bits per heavy atom. The summed E-state index contributed by atoms with van der Waals surface area (Å²) in [7, 11) is -0.953. The molecule has 1 unspecified atom stereocenters. The normalized spacial score (nSPS) is 12.2. The number of carbonyl (C=O) groups is 2. The first-order valence-corrected chi connectivity index (χ1v) is 11.2. The lowest BCUT2D eigenvalue weighted by atomic mass is 10.0. The van der Waals surface area contributed by atoms with Crippen molar-refractivity contribution in [1.82, 2.24) is 0 Å². The fourth-order valence-corrected chi connectivity index (χ4v) is 4.72. The second-order valence-electron chi connectivity index (χ2n) is 7.24. The third-order valence-electron chi connectivity index (χ3n) is 5.09. The van der Waals surface area contributed by atoms with E-state index in [2.05, 4.69) is 0 Å². The van der Waals surface area contributed by atoms with Crippen molar-refractivity contribution in [1.29, 1.82) is 0 Å². The molecule has 36 heavy (non-hydrogen) atoms. The van der Waals surface area contributed by atoms with Gasteiger partial charge in [-0.3, -0.25) is 14.2 Å². The largest absolute Gasteiger partial charge is 0.497 e. The molecule has 0 aliphatic heterocycles. The van der Waals surface area contributed by atoms with Gasteiger partial charge in [-0.25, -0.2) is 0 Å². The summed E-state index contributed by atoms with van der Waals surface area (Å²) in [6.07, 6.45) is -10.7. The summed E-state index contributed by atoms with van der Waals surface area (Å²) < 4.78 is 105. The van der Waals surface area contributed by atoms with Gasteiger partial charge in [0.05, 0.1) is 41.8 Å². The molecule has 0 aliphatic carbocycles. The van der Waals surface area contributed by atoms with Crippen LogP contribution in [-0.4, -0.2) is 25.5 Å². The minimum atomic E-state index is -5.34. The molecule has 3 aromatic carbocycles. The molecule has 5 nitrogen and oxygen atoms in total. The van der Waals surface area contributed by atoms with Gasteiger partial charge < -0.3 is 9.47 Å². The Bertz CT molecular complexity index is 1320. The number of carbonyl (C=O) groups excluding carboxylic acids is 2. The molecule has 0 aromatic heterocycles. The van der Waals surface area contributed by atoms with Crippen LogP contribution < -0.4 is 14.8 Å². The van der Waals surface area contributed by atoms with Crippen molar-refractivity contribution in [3.8, 4) is 11.5 Å². The molecule has 0 amide bonds. The predicted octanol–water partition coefficient (Wildman–Crippen LogP) is 6.27. The van der Waals surface area contributed by atoms with Crippen LogP contribution >= 0.6 is 7.80 Å². The van der Waals surface area contributed by atoms with Gasteiger partial charge in [-0.1, -0.05) is 18.2 Å². The van der Waals surface area contributed by atoms with Gasteiger partial charge in [0.1, 0.15) is 11.5 Å². The van der Waals surface area contributed by atoms with E-state index in [0.29, 0.717) is 23.9 Å². The molecule has 0 N–H and O–H groups in total. The Balaban J connectivity index is 2.16. The zero-order valence-corrected chi connectivity index (χ0v) is 19.4. The van der Waals surface area contributed by atoms with Crippen molar-refractivity contribution in [2.24, 2.45) is 0 Å². The second-order valence-corrected chi connectivity index (χ2v) is 8.71. The first-order valence-electron chi connectivity index (χ1n) is 9.96. The minimum Gasteiger partial charge on any atom is -0.497 e. The summed E-state index contributed by atoms with van der Waals surface area (Å²) in [5.74, 6) is -0.444. The van der Waals surface area contributed by atoms with Gasteiger partial charge in [0.2, 0.25) is 5.52 Å². The number of hydrogen-bond acceptors (Lipinski definition) is 5. The number of benzene rings is 3. The molecule has 0 fully saturated rings. The van der Waals surface area contributed by atoms with Gasteiger partial charge in [0, 0.05) is 11.6 Å². The van der Waals surface area contributed by atoms with Crippen LogP contribution in [0.5, 0.6) is 11.5 Å². The second kappa shape index (κ2) is 10.1. The summed E-state index contributed by atoms with van der Waals surface area (Å²) >= 11 is 0. The van der Waals surface area contributed by atoms with E-state index >= 15 is 0 Å². The first kappa shape index (κ1) is 26.9. The number of methoxy groups -OCH3 is 2. The maximum Gasteiger partial charge on any atom is 0.417 e. The Morgan fingerprint density at radius 2 is 1.33 bits per heavy atom. The summed E-state index contributed by atoms with van der Waals surface area (Å²) in [4.78, 5) is 26.2. The Hall–Kier alpha value is -3.72. The molecule has 1 radical (unpaired) electrons. The van der Waals surface area contributed by atoms with Gasteiger partial charge in [0.15, 0.2) is 13.6 Å². The van der Waals surface area contributed by atoms with Gasteiger partial charge in [-0.2, -0.15) is 26.3 Å². The van der Waals surface area contributed by atoms with Crippen molar-refractivity contribution in [2.75, 3.05) is 14.2 Å². The summed E-state index contributed by atoms with van der Waals surface area (Å²) in [5.41, 5.74) is -7.87. The van der Waals surface area contributed by atoms with Crippen LogP contribution in [0, 0.1) is 0 Å². The van der Waals surface area contributed by atoms with Crippen LogP contribution in [-0.2, 0) is 16.9 Å². The monoisotopic (exact) mass is 529 g/mol. The minimum absolute atomic E-state index is 0.0393. The number of halogens is 6. The molecule has 3 aromatic rings. The molecule has 0 saturated heterocycles. The van der Waals surface area contributed by atoms with Crippen LogP contribution in [0.2, 0.25) is 0 Å². The van der Waals surface area contributed by atoms with Gasteiger partial charge in [0.25, 0.3) is 0 Å². The van der Waals surface area contributed by atoms with Crippen molar-refractivity contribution in [3.63, 3.8) is 0 Å². The van der Waals surface area contributed by atoms with Gasteiger partial charge in [-0.15, -0.1) is 0 Å². The first-order chi connectivity index (χ1) is 16.8. The predicted molar refractivity (Wildman–Crippen MR) is 117 cm³/mol. The lowest BCUT2D eigenvalue weighted by Crippen LogP contribution is -2.21. The van der Waals surface area contributed by atoms with Crippen LogP contribution in [0.3, 0.4) is 0 Å². The molecule has 189 valence electrons. The van der Waals surface area contributed by atoms with E-state index in [1.807, 2.05) is 0 Å². The zero-order valence-electron chi connectivity index (χ0n) is 18.5. The lowest BCUT2D eigenvalue weighted by Gasteiger charge is -2.18. The molecule has 1 atom stereocenters. The van der Waals surface area contributed by atoms with E-state index in [-0.39, 0.29) is 16.9 Å². The molecule has 0 heterocycles. The van der Waals surface area contributed by atoms with E-state index in [1.165, 1.54) is 44.6 Å². The quantitative estimate of drug-likeness (QED) is 0.205. The standard InChI is InChI=1S/C24H16F6O5P/c1-34-13-10-11-14(18(12-13)35-2)21(31)15-6-3-4-9-19(15)36(33)22(32)20-16(23(25,26)27)7-5-8-17(20)24(28,29)30/h3-12H,1-2H3. The fraction of sp³-hybridized carbons (Fsp3) is 0.167. The van der Waals surface area contributed by atoms with Gasteiger partial charge in [-0.05, 0) is 36.4 Å². The van der Waals surface area contributed by atoms with Crippen molar-refractivity contribution in [3.05, 3.63) is 88.5 Å². The van der Waals surface area contributed by atoms with E-state index in [4.69, 9.17) is 9.47 Å². The summed E-state index contributed by atoms with van der Waals surface area (Å²) in [5, 5.41) is -0.523. The molecule has 0 spiro atoms. The molecular weight excluding hydrogens is 513 g/mol. The average molecular weight is 529 g/mol. The smallest absolute Gasteiger partial charge is 0.417 e. The highest BCUT2D eigenvalue weighted by Crippen LogP contribution is 2.43. The molecule has 12 heteroatoms. The van der Waals surface area contributed by atoms with E-state index in [1.54, 1.807) is 0 Å².